The highest BCUT2D eigenvalue weighted by atomic mass is 79.9. The van der Waals surface area contributed by atoms with Gasteiger partial charge in [-0.15, -0.1) is 0 Å². The third-order valence-electron chi connectivity index (χ3n) is 3.73. The highest BCUT2D eigenvalue weighted by Crippen LogP contribution is 2.19. The molecule has 0 heterocycles. The summed E-state index contributed by atoms with van der Waals surface area (Å²) >= 11 is 3.39. The molecule has 0 bridgehead atoms. The maximum Gasteiger partial charge on any atom is 0.265 e. The minimum absolute atomic E-state index is 0.0106. The van der Waals surface area contributed by atoms with E-state index in [1.807, 2.05) is 84.9 Å². The Kier molecular flexibility index (Phi) is 5.86. The number of rotatable bonds is 6. The first kappa shape index (κ1) is 17.2. The maximum absolute atomic E-state index is 12.8. The van der Waals surface area contributed by atoms with Crippen LogP contribution in [0.1, 0.15) is 5.56 Å². The fourth-order valence-corrected chi connectivity index (χ4v) is 2.72. The minimum atomic E-state index is -0.0852. The second kappa shape index (κ2) is 8.49. The average Bonchev–Trinajstić information content (AvgIpc) is 2.67. The molecule has 0 unspecified atom stereocenters. The van der Waals surface area contributed by atoms with Crippen molar-refractivity contribution < 1.29 is 9.53 Å². The lowest BCUT2D eigenvalue weighted by atomic mass is 10.2. The topological polar surface area (TPSA) is 29.5 Å². The van der Waals surface area contributed by atoms with E-state index in [2.05, 4.69) is 15.9 Å². The number of nitrogens with zero attached hydrogens (tertiary/aromatic N) is 1. The summed E-state index contributed by atoms with van der Waals surface area (Å²) in [5, 5.41) is 0. The quantitative estimate of drug-likeness (QED) is 0.583. The van der Waals surface area contributed by atoms with Crippen molar-refractivity contribution in [3.63, 3.8) is 0 Å². The van der Waals surface area contributed by atoms with E-state index in [9.17, 15) is 4.79 Å². The van der Waals surface area contributed by atoms with Crippen LogP contribution in [0.2, 0.25) is 0 Å². The second-order valence-electron chi connectivity index (χ2n) is 5.54. The van der Waals surface area contributed by atoms with Gasteiger partial charge in [0, 0.05) is 10.2 Å². The number of hydrogen-bond donors (Lipinski definition) is 0. The molecule has 3 rings (SSSR count). The van der Waals surface area contributed by atoms with E-state index in [4.69, 9.17) is 4.74 Å². The van der Waals surface area contributed by atoms with Crippen LogP contribution in [0.15, 0.2) is 89.4 Å². The Morgan fingerprint density at radius 1 is 0.840 bits per heavy atom. The third-order valence-corrected chi connectivity index (χ3v) is 4.26. The summed E-state index contributed by atoms with van der Waals surface area (Å²) in [6.45, 7) is 0.497. The van der Waals surface area contributed by atoms with Gasteiger partial charge in [0.15, 0.2) is 6.61 Å². The van der Waals surface area contributed by atoms with Gasteiger partial charge in [-0.1, -0.05) is 64.5 Å². The summed E-state index contributed by atoms with van der Waals surface area (Å²) in [7, 11) is 0. The van der Waals surface area contributed by atoms with Crippen molar-refractivity contribution in [3.05, 3.63) is 95.0 Å². The van der Waals surface area contributed by atoms with Gasteiger partial charge in [0.05, 0.1) is 6.54 Å². The molecule has 0 spiro atoms. The van der Waals surface area contributed by atoms with E-state index in [-0.39, 0.29) is 12.5 Å². The summed E-state index contributed by atoms with van der Waals surface area (Å²) in [4.78, 5) is 14.5. The van der Waals surface area contributed by atoms with Gasteiger partial charge in [-0.25, -0.2) is 0 Å². The lowest BCUT2D eigenvalue weighted by Gasteiger charge is -2.23. The predicted molar refractivity (Wildman–Crippen MR) is 104 cm³/mol. The van der Waals surface area contributed by atoms with Gasteiger partial charge in [-0.2, -0.15) is 0 Å². The summed E-state index contributed by atoms with van der Waals surface area (Å²) in [6, 6.07) is 27.0. The molecule has 3 aromatic rings. The molecule has 4 heteroatoms. The Morgan fingerprint density at radius 2 is 1.44 bits per heavy atom. The molecule has 0 atom stereocenters. The van der Waals surface area contributed by atoms with Gasteiger partial charge >= 0.3 is 0 Å². The third kappa shape index (κ3) is 4.94. The van der Waals surface area contributed by atoms with Crippen LogP contribution in [0.4, 0.5) is 5.69 Å². The lowest BCUT2D eigenvalue weighted by molar-refractivity contribution is -0.120. The van der Waals surface area contributed by atoms with Gasteiger partial charge < -0.3 is 9.64 Å². The molecule has 0 N–H and O–H groups in total. The molecule has 0 aliphatic carbocycles. The van der Waals surface area contributed by atoms with Crippen molar-refractivity contribution in [3.8, 4) is 5.75 Å². The molecule has 0 aliphatic rings. The van der Waals surface area contributed by atoms with Crippen LogP contribution < -0.4 is 9.64 Å². The molecule has 0 radical (unpaired) electrons. The molecular weight excluding hydrogens is 378 g/mol. The van der Waals surface area contributed by atoms with Crippen LogP contribution in [0, 0.1) is 0 Å². The fourth-order valence-electron chi connectivity index (χ4n) is 2.45. The number of ether oxygens (including phenoxy) is 1. The van der Waals surface area contributed by atoms with Crippen LogP contribution in [-0.2, 0) is 11.3 Å². The summed E-state index contributed by atoms with van der Waals surface area (Å²) in [5.41, 5.74) is 1.93. The molecule has 0 aromatic heterocycles. The number of hydrogen-bond acceptors (Lipinski definition) is 2. The largest absolute Gasteiger partial charge is 0.484 e. The van der Waals surface area contributed by atoms with Crippen molar-refractivity contribution in [2.75, 3.05) is 11.5 Å². The van der Waals surface area contributed by atoms with Crippen molar-refractivity contribution >= 4 is 27.5 Å². The average molecular weight is 396 g/mol. The van der Waals surface area contributed by atoms with E-state index in [0.29, 0.717) is 12.3 Å². The Hall–Kier alpha value is -2.59. The number of anilines is 1. The number of para-hydroxylation sites is 1. The number of carbonyl (C=O) groups excluding carboxylic acids is 1. The number of halogens is 1. The highest BCUT2D eigenvalue weighted by Gasteiger charge is 2.16. The number of amides is 1. The van der Waals surface area contributed by atoms with E-state index in [1.165, 1.54) is 0 Å². The van der Waals surface area contributed by atoms with Gasteiger partial charge in [0.1, 0.15) is 5.75 Å². The van der Waals surface area contributed by atoms with Crippen molar-refractivity contribution in [2.45, 2.75) is 6.54 Å². The molecule has 3 nitrogen and oxygen atoms in total. The first-order valence-corrected chi connectivity index (χ1v) is 8.79. The molecule has 0 saturated heterocycles. The van der Waals surface area contributed by atoms with Gasteiger partial charge in [0.25, 0.3) is 5.91 Å². The zero-order valence-electron chi connectivity index (χ0n) is 13.6. The Bertz CT molecular complexity index is 804. The monoisotopic (exact) mass is 395 g/mol. The van der Waals surface area contributed by atoms with Crippen LogP contribution in [0.5, 0.6) is 5.75 Å². The lowest BCUT2D eigenvalue weighted by Crippen LogP contribution is -2.34. The fraction of sp³-hybridized carbons (Fsp3) is 0.0952. The Morgan fingerprint density at radius 3 is 2.08 bits per heavy atom. The molecule has 0 fully saturated rings. The predicted octanol–water partition coefficient (Wildman–Crippen LogP) is 5.06. The van der Waals surface area contributed by atoms with E-state index >= 15 is 0 Å². The van der Waals surface area contributed by atoms with Crippen molar-refractivity contribution in [2.24, 2.45) is 0 Å². The minimum Gasteiger partial charge on any atom is -0.484 e. The van der Waals surface area contributed by atoms with E-state index < -0.39 is 0 Å². The SMILES string of the molecule is O=C(COc1ccc(Br)cc1)N(Cc1ccccc1)c1ccccc1. The molecule has 3 aromatic carbocycles. The van der Waals surface area contributed by atoms with Crippen molar-refractivity contribution in [1.82, 2.24) is 0 Å². The van der Waals surface area contributed by atoms with Gasteiger partial charge in [0.2, 0.25) is 0 Å². The number of carbonyl (C=O) groups is 1. The Balaban J connectivity index is 1.74. The molecule has 25 heavy (non-hydrogen) atoms. The molecule has 0 saturated carbocycles. The summed E-state index contributed by atoms with van der Waals surface area (Å²) < 4.78 is 6.62. The van der Waals surface area contributed by atoms with Crippen LogP contribution in [-0.4, -0.2) is 12.5 Å². The molecular formula is C21H18BrNO2. The van der Waals surface area contributed by atoms with Gasteiger partial charge in [-0.3, -0.25) is 4.79 Å². The standard InChI is InChI=1S/C21H18BrNO2/c22-18-11-13-20(14-12-18)25-16-21(24)23(19-9-5-2-6-10-19)15-17-7-3-1-4-8-17/h1-14H,15-16H2. The van der Waals surface area contributed by atoms with Crippen LogP contribution >= 0.6 is 15.9 Å². The maximum atomic E-state index is 12.8. The highest BCUT2D eigenvalue weighted by molar-refractivity contribution is 9.10. The molecule has 0 aliphatic heterocycles. The Labute approximate surface area is 156 Å². The first-order chi connectivity index (χ1) is 12.2. The van der Waals surface area contributed by atoms with Gasteiger partial charge in [-0.05, 0) is 42.0 Å². The summed E-state index contributed by atoms with van der Waals surface area (Å²) in [5.74, 6) is 0.585. The second-order valence-corrected chi connectivity index (χ2v) is 6.46. The van der Waals surface area contributed by atoms with Crippen LogP contribution in [0.3, 0.4) is 0 Å². The first-order valence-electron chi connectivity index (χ1n) is 8.00. The van der Waals surface area contributed by atoms with E-state index in [0.717, 1.165) is 15.7 Å². The normalized spacial score (nSPS) is 10.3. The smallest absolute Gasteiger partial charge is 0.265 e. The zero-order chi connectivity index (χ0) is 17.5. The zero-order valence-corrected chi connectivity index (χ0v) is 15.2. The number of benzene rings is 3. The van der Waals surface area contributed by atoms with E-state index in [1.54, 1.807) is 4.90 Å². The van der Waals surface area contributed by atoms with Crippen molar-refractivity contribution in [1.29, 1.82) is 0 Å². The molecule has 126 valence electrons. The summed E-state index contributed by atoms with van der Waals surface area (Å²) in [6.07, 6.45) is 0. The van der Waals surface area contributed by atoms with Crippen LogP contribution in [0.25, 0.3) is 0 Å². The molecule has 1 amide bonds.